The minimum absolute atomic E-state index is 0.0273. The van der Waals surface area contributed by atoms with Gasteiger partial charge in [-0.05, 0) is 43.7 Å². The van der Waals surface area contributed by atoms with Crippen LogP contribution in [-0.2, 0) is 14.6 Å². The zero-order valence-corrected chi connectivity index (χ0v) is 15.8. The Morgan fingerprint density at radius 2 is 1.77 bits per heavy atom. The number of rotatable bonds is 3. The molecule has 2 aromatic rings. The Morgan fingerprint density at radius 1 is 1.15 bits per heavy atom. The number of nitriles is 1. The van der Waals surface area contributed by atoms with Gasteiger partial charge in [0.25, 0.3) is 0 Å². The Hall–Kier alpha value is -2.49. The van der Waals surface area contributed by atoms with Crippen molar-refractivity contribution in [2.45, 2.75) is 30.9 Å². The van der Waals surface area contributed by atoms with Crippen molar-refractivity contribution in [1.82, 2.24) is 5.32 Å². The van der Waals surface area contributed by atoms with E-state index in [-0.39, 0.29) is 16.8 Å². The highest BCUT2D eigenvalue weighted by Crippen LogP contribution is 2.33. The van der Waals surface area contributed by atoms with Gasteiger partial charge in [0, 0.05) is 5.02 Å². The van der Waals surface area contributed by atoms with Crippen LogP contribution in [0.1, 0.15) is 24.2 Å². The maximum atomic E-state index is 12.8. The van der Waals surface area contributed by atoms with Crippen LogP contribution in [0.4, 0.5) is 0 Å². The van der Waals surface area contributed by atoms with Crippen LogP contribution in [0.3, 0.4) is 0 Å². The van der Waals surface area contributed by atoms with Gasteiger partial charge in [-0.2, -0.15) is 5.26 Å². The quantitative estimate of drug-likeness (QED) is 0.807. The molecule has 2 atom stereocenters. The molecular weight excluding hydrogens is 372 g/mol. The van der Waals surface area contributed by atoms with Gasteiger partial charge in [-0.1, -0.05) is 41.4 Å². The number of ether oxygens (including phenoxy) is 1. The molecule has 0 amide bonds. The molecule has 1 aliphatic rings. The van der Waals surface area contributed by atoms with E-state index in [1.54, 1.807) is 30.3 Å². The molecule has 26 heavy (non-hydrogen) atoms. The number of aryl methyl sites for hydroxylation is 1. The Kier molecular flexibility index (Phi) is 4.94. The highest BCUT2D eigenvalue weighted by Gasteiger charge is 2.36. The predicted molar refractivity (Wildman–Crippen MR) is 98.9 cm³/mol. The van der Waals surface area contributed by atoms with Gasteiger partial charge >= 0.3 is 0 Å². The summed E-state index contributed by atoms with van der Waals surface area (Å²) in [7, 11) is -3.98. The molecule has 3 rings (SSSR count). The average molecular weight is 389 g/mol. The van der Waals surface area contributed by atoms with Gasteiger partial charge in [0.1, 0.15) is 12.2 Å². The summed E-state index contributed by atoms with van der Waals surface area (Å²) in [5.41, 5.74) is 1.77. The third-order valence-corrected chi connectivity index (χ3v) is 6.12. The summed E-state index contributed by atoms with van der Waals surface area (Å²) >= 11 is 5.91. The predicted octanol–water partition coefficient (Wildman–Crippen LogP) is 3.86. The lowest BCUT2D eigenvalue weighted by Crippen LogP contribution is -2.22. The molecule has 0 saturated carbocycles. The third kappa shape index (κ3) is 3.41. The highest BCUT2D eigenvalue weighted by molar-refractivity contribution is 7.95. The van der Waals surface area contributed by atoms with Crippen LogP contribution in [0.5, 0.6) is 0 Å². The van der Waals surface area contributed by atoms with E-state index < -0.39 is 20.8 Å². The van der Waals surface area contributed by atoms with Crippen LogP contribution in [-0.4, -0.2) is 14.5 Å². The van der Waals surface area contributed by atoms with Crippen molar-refractivity contribution in [2.24, 2.45) is 0 Å². The van der Waals surface area contributed by atoms with Crippen molar-refractivity contribution in [2.75, 3.05) is 0 Å². The first-order chi connectivity index (χ1) is 12.3. The Bertz CT molecular complexity index is 991. The van der Waals surface area contributed by atoms with Crippen LogP contribution in [0.25, 0.3) is 0 Å². The van der Waals surface area contributed by atoms with Gasteiger partial charge in [-0.25, -0.2) is 8.42 Å². The van der Waals surface area contributed by atoms with E-state index in [1.807, 2.05) is 26.0 Å². The largest absolute Gasteiger partial charge is 0.467 e. The first-order valence-corrected chi connectivity index (χ1v) is 9.84. The second kappa shape index (κ2) is 7.02. The molecule has 5 nitrogen and oxygen atoms in total. The topological polar surface area (TPSA) is 79.2 Å². The van der Waals surface area contributed by atoms with E-state index >= 15 is 0 Å². The van der Waals surface area contributed by atoms with Crippen LogP contribution in [0.15, 0.2) is 64.2 Å². The number of benzene rings is 2. The van der Waals surface area contributed by atoms with Crippen LogP contribution < -0.4 is 5.32 Å². The van der Waals surface area contributed by atoms with Crippen molar-refractivity contribution in [3.8, 4) is 6.07 Å². The molecule has 0 aromatic heterocycles. The fourth-order valence-electron chi connectivity index (χ4n) is 2.74. The summed E-state index contributed by atoms with van der Waals surface area (Å²) in [6.07, 6.45) is -0.418. The summed E-state index contributed by atoms with van der Waals surface area (Å²) in [5, 5.41) is 13.1. The molecule has 7 heteroatoms. The van der Waals surface area contributed by atoms with E-state index in [4.69, 9.17) is 16.3 Å². The molecule has 0 spiro atoms. The lowest BCUT2D eigenvalue weighted by Gasteiger charge is -2.13. The van der Waals surface area contributed by atoms with Gasteiger partial charge in [0.15, 0.2) is 0 Å². The number of hydrogen-bond acceptors (Lipinski definition) is 5. The molecule has 0 bridgehead atoms. The van der Waals surface area contributed by atoms with E-state index in [1.165, 1.54) is 12.1 Å². The second-order valence-corrected chi connectivity index (χ2v) is 8.43. The molecule has 134 valence electrons. The minimum Gasteiger partial charge on any atom is -0.467 e. The molecule has 1 heterocycles. The normalized spacial score (nSPS) is 21.5. The molecule has 1 saturated heterocycles. The Balaban J connectivity index is 1.99. The van der Waals surface area contributed by atoms with Gasteiger partial charge in [0.2, 0.25) is 20.6 Å². The van der Waals surface area contributed by atoms with Crippen LogP contribution in [0, 0.1) is 18.3 Å². The van der Waals surface area contributed by atoms with E-state index in [2.05, 4.69) is 5.32 Å². The standard InChI is InChI=1S/C19H17ClN2O3S/c1-12-3-9-16(10-4-12)26(23,24)17(11-21)19-22-13(2)18(25-19)14-5-7-15(20)8-6-14/h3-10,13,18,22H,1-2H3. The first kappa shape index (κ1) is 18.3. The molecule has 2 aromatic carbocycles. The van der Waals surface area contributed by atoms with Crippen molar-refractivity contribution in [3.05, 3.63) is 75.5 Å². The van der Waals surface area contributed by atoms with Crippen molar-refractivity contribution in [1.29, 1.82) is 5.26 Å². The van der Waals surface area contributed by atoms with E-state index in [0.717, 1.165) is 11.1 Å². The van der Waals surface area contributed by atoms with Crippen LogP contribution >= 0.6 is 11.6 Å². The van der Waals surface area contributed by atoms with Crippen molar-refractivity contribution >= 4 is 21.4 Å². The molecule has 1 fully saturated rings. The summed E-state index contributed by atoms with van der Waals surface area (Å²) in [4.78, 5) is -0.371. The molecular formula is C19H17ClN2O3S. The zero-order chi connectivity index (χ0) is 18.9. The number of nitrogens with zero attached hydrogens (tertiary/aromatic N) is 1. The van der Waals surface area contributed by atoms with Crippen molar-refractivity contribution in [3.63, 3.8) is 0 Å². The third-order valence-electron chi connectivity index (χ3n) is 4.16. The van der Waals surface area contributed by atoms with Crippen molar-refractivity contribution < 1.29 is 13.2 Å². The monoisotopic (exact) mass is 388 g/mol. The van der Waals surface area contributed by atoms with Gasteiger partial charge in [-0.15, -0.1) is 0 Å². The molecule has 0 radical (unpaired) electrons. The van der Waals surface area contributed by atoms with Gasteiger partial charge in [0.05, 0.1) is 10.9 Å². The Morgan fingerprint density at radius 3 is 2.35 bits per heavy atom. The second-order valence-electron chi connectivity index (χ2n) is 6.11. The maximum absolute atomic E-state index is 12.8. The number of hydrogen-bond donors (Lipinski definition) is 1. The van der Waals surface area contributed by atoms with E-state index in [0.29, 0.717) is 5.02 Å². The zero-order valence-electron chi connectivity index (χ0n) is 14.2. The molecule has 1 N–H and O–H groups in total. The molecule has 1 aliphatic heterocycles. The van der Waals surface area contributed by atoms with Gasteiger partial charge < -0.3 is 10.1 Å². The summed E-state index contributed by atoms with van der Waals surface area (Å²) in [6.45, 7) is 3.72. The molecule has 2 unspecified atom stereocenters. The number of sulfone groups is 1. The first-order valence-electron chi connectivity index (χ1n) is 7.97. The number of nitrogens with one attached hydrogen (secondary N) is 1. The molecule has 0 aliphatic carbocycles. The average Bonchev–Trinajstić information content (AvgIpc) is 2.97. The SMILES string of the molecule is Cc1ccc(S(=O)(=O)C(C#N)=C2NC(C)C(c3ccc(Cl)cc3)O2)cc1. The minimum atomic E-state index is -3.98. The maximum Gasteiger partial charge on any atom is 0.221 e. The number of halogens is 1. The smallest absolute Gasteiger partial charge is 0.221 e. The fraction of sp³-hybridized carbons (Fsp3) is 0.211. The number of allylic oxidation sites excluding steroid dienone is 1. The Labute approximate surface area is 157 Å². The summed E-state index contributed by atoms with van der Waals surface area (Å²) < 4.78 is 31.5. The van der Waals surface area contributed by atoms with E-state index in [9.17, 15) is 13.7 Å². The van der Waals surface area contributed by atoms with Crippen LogP contribution in [0.2, 0.25) is 5.02 Å². The highest BCUT2D eigenvalue weighted by atomic mass is 35.5. The lowest BCUT2D eigenvalue weighted by molar-refractivity contribution is 0.154. The fourth-order valence-corrected chi connectivity index (χ4v) is 4.07. The summed E-state index contributed by atoms with van der Waals surface area (Å²) in [5.74, 6) is -0.0273. The lowest BCUT2D eigenvalue weighted by atomic mass is 10.0. The van der Waals surface area contributed by atoms with Gasteiger partial charge in [-0.3, -0.25) is 0 Å². The summed E-state index contributed by atoms with van der Waals surface area (Å²) in [6, 6.07) is 15.0.